The predicted molar refractivity (Wildman–Crippen MR) is 66.1 cm³/mol. The predicted octanol–water partition coefficient (Wildman–Crippen LogP) is 1.64. The molecule has 1 saturated carbocycles. The van der Waals surface area contributed by atoms with Gasteiger partial charge in [0.15, 0.2) is 0 Å². The van der Waals surface area contributed by atoms with Crippen molar-refractivity contribution in [3.05, 3.63) is 12.4 Å². The molecule has 2 N–H and O–H groups in total. The van der Waals surface area contributed by atoms with Crippen molar-refractivity contribution in [3.8, 4) is 0 Å². The Morgan fingerprint density at radius 2 is 2.12 bits per heavy atom. The Kier molecular flexibility index (Phi) is 3.09. The number of nitrogens with zero attached hydrogens (tertiary/aromatic N) is 2. The van der Waals surface area contributed by atoms with Crippen LogP contribution in [-0.2, 0) is 4.74 Å². The number of anilines is 2. The first-order chi connectivity index (χ1) is 8.40. The summed E-state index contributed by atoms with van der Waals surface area (Å²) in [6.45, 7) is 1.73. The van der Waals surface area contributed by atoms with Gasteiger partial charge in [0.25, 0.3) is 0 Å². The van der Waals surface area contributed by atoms with Crippen molar-refractivity contribution in [3.63, 3.8) is 0 Å². The second-order valence-corrected chi connectivity index (χ2v) is 4.72. The van der Waals surface area contributed by atoms with Crippen LogP contribution in [0.5, 0.6) is 0 Å². The summed E-state index contributed by atoms with van der Waals surface area (Å²) in [5.41, 5.74) is 0. The molecule has 0 radical (unpaired) electrons. The van der Waals surface area contributed by atoms with Gasteiger partial charge in [-0.05, 0) is 25.7 Å². The molecule has 3 rings (SSSR count). The van der Waals surface area contributed by atoms with Gasteiger partial charge < -0.3 is 15.4 Å². The van der Waals surface area contributed by atoms with Gasteiger partial charge in [0.2, 0.25) is 0 Å². The van der Waals surface area contributed by atoms with Crippen LogP contribution < -0.4 is 10.6 Å². The van der Waals surface area contributed by atoms with E-state index >= 15 is 0 Å². The molecule has 0 bridgehead atoms. The molecule has 0 aromatic carbocycles. The van der Waals surface area contributed by atoms with E-state index in [-0.39, 0.29) is 0 Å². The third-order valence-corrected chi connectivity index (χ3v) is 3.13. The van der Waals surface area contributed by atoms with Gasteiger partial charge in [-0.15, -0.1) is 0 Å². The van der Waals surface area contributed by atoms with Crippen molar-refractivity contribution in [1.82, 2.24) is 9.97 Å². The first kappa shape index (κ1) is 10.8. The van der Waals surface area contributed by atoms with Crippen molar-refractivity contribution >= 4 is 11.6 Å². The molecule has 1 atom stereocenters. The van der Waals surface area contributed by atoms with Crippen LogP contribution in [0.2, 0.25) is 0 Å². The second-order valence-electron chi connectivity index (χ2n) is 4.72. The Morgan fingerprint density at radius 1 is 1.24 bits per heavy atom. The Balaban J connectivity index is 1.53. The largest absolute Gasteiger partial charge is 0.376 e. The smallest absolute Gasteiger partial charge is 0.131 e. The van der Waals surface area contributed by atoms with Crippen molar-refractivity contribution in [2.24, 2.45) is 0 Å². The van der Waals surface area contributed by atoms with E-state index in [2.05, 4.69) is 20.6 Å². The Morgan fingerprint density at radius 3 is 2.88 bits per heavy atom. The molecular weight excluding hydrogens is 216 g/mol. The summed E-state index contributed by atoms with van der Waals surface area (Å²) in [6.07, 6.45) is 6.76. The summed E-state index contributed by atoms with van der Waals surface area (Å²) >= 11 is 0. The highest BCUT2D eigenvalue weighted by molar-refractivity contribution is 5.47. The minimum absolute atomic E-state index is 0.338. The number of nitrogens with one attached hydrogen (secondary N) is 2. The minimum Gasteiger partial charge on any atom is -0.376 e. The van der Waals surface area contributed by atoms with Gasteiger partial charge in [0.1, 0.15) is 18.0 Å². The number of rotatable bonds is 5. The Bertz CT molecular complexity index is 375. The molecule has 5 heteroatoms. The molecule has 2 heterocycles. The van der Waals surface area contributed by atoms with Gasteiger partial charge in [0.05, 0.1) is 6.10 Å². The normalized spacial score (nSPS) is 23.6. The first-order valence-electron chi connectivity index (χ1n) is 6.34. The maximum absolute atomic E-state index is 5.56. The van der Waals surface area contributed by atoms with Crippen LogP contribution in [0.1, 0.15) is 25.7 Å². The monoisotopic (exact) mass is 234 g/mol. The van der Waals surface area contributed by atoms with E-state index in [1.165, 1.54) is 19.3 Å². The van der Waals surface area contributed by atoms with Crippen LogP contribution in [0.15, 0.2) is 12.4 Å². The molecule has 0 amide bonds. The molecule has 17 heavy (non-hydrogen) atoms. The maximum atomic E-state index is 5.56. The molecule has 2 aliphatic rings. The molecule has 92 valence electrons. The van der Waals surface area contributed by atoms with Crippen molar-refractivity contribution < 1.29 is 4.74 Å². The van der Waals surface area contributed by atoms with Crippen LogP contribution in [0.4, 0.5) is 11.6 Å². The number of hydrogen-bond acceptors (Lipinski definition) is 5. The minimum atomic E-state index is 0.338. The average Bonchev–Trinajstić information content (AvgIpc) is 3.00. The van der Waals surface area contributed by atoms with E-state index < -0.39 is 0 Å². The highest BCUT2D eigenvalue weighted by Crippen LogP contribution is 2.24. The fourth-order valence-electron chi connectivity index (χ4n) is 1.99. The third kappa shape index (κ3) is 3.06. The van der Waals surface area contributed by atoms with Gasteiger partial charge in [-0.25, -0.2) is 9.97 Å². The highest BCUT2D eigenvalue weighted by atomic mass is 16.5. The third-order valence-electron chi connectivity index (χ3n) is 3.13. The molecule has 1 aromatic rings. The summed E-state index contributed by atoms with van der Waals surface area (Å²) < 4.78 is 5.56. The fourth-order valence-corrected chi connectivity index (χ4v) is 1.99. The zero-order valence-electron chi connectivity index (χ0n) is 9.85. The molecule has 5 nitrogen and oxygen atoms in total. The average molecular weight is 234 g/mol. The van der Waals surface area contributed by atoms with E-state index in [1.807, 2.05) is 6.07 Å². The van der Waals surface area contributed by atoms with Crippen molar-refractivity contribution in [1.29, 1.82) is 0 Å². The van der Waals surface area contributed by atoms with E-state index in [0.717, 1.165) is 31.2 Å². The Labute approximate surface area is 101 Å². The summed E-state index contributed by atoms with van der Waals surface area (Å²) in [7, 11) is 0. The molecule has 1 aromatic heterocycles. The van der Waals surface area contributed by atoms with Crippen LogP contribution in [-0.4, -0.2) is 35.3 Å². The van der Waals surface area contributed by atoms with Crippen LogP contribution >= 0.6 is 0 Å². The summed E-state index contributed by atoms with van der Waals surface area (Å²) in [5, 5.41) is 6.67. The van der Waals surface area contributed by atoms with Crippen LogP contribution in [0.25, 0.3) is 0 Å². The topological polar surface area (TPSA) is 59.1 Å². The zero-order chi connectivity index (χ0) is 11.5. The molecule has 1 aliphatic heterocycles. The summed E-state index contributed by atoms with van der Waals surface area (Å²) in [5.74, 6) is 1.79. The Hall–Kier alpha value is -1.36. The first-order valence-corrected chi connectivity index (χ1v) is 6.34. The quantitative estimate of drug-likeness (QED) is 0.811. The highest BCUT2D eigenvalue weighted by Gasteiger charge is 2.21. The lowest BCUT2D eigenvalue weighted by atomic mass is 10.2. The lowest BCUT2D eigenvalue weighted by Crippen LogP contribution is -2.19. The van der Waals surface area contributed by atoms with E-state index in [4.69, 9.17) is 4.74 Å². The number of hydrogen-bond donors (Lipinski definition) is 2. The fraction of sp³-hybridized carbons (Fsp3) is 0.667. The molecule has 2 fully saturated rings. The lowest BCUT2D eigenvalue weighted by molar-refractivity contribution is 0.120. The van der Waals surface area contributed by atoms with Gasteiger partial charge in [-0.2, -0.15) is 0 Å². The maximum Gasteiger partial charge on any atom is 0.131 e. The second kappa shape index (κ2) is 4.87. The zero-order valence-corrected chi connectivity index (χ0v) is 9.85. The van der Waals surface area contributed by atoms with E-state index in [0.29, 0.717) is 12.1 Å². The van der Waals surface area contributed by atoms with E-state index in [1.54, 1.807) is 6.33 Å². The summed E-state index contributed by atoms with van der Waals surface area (Å²) in [6, 6.07) is 2.59. The van der Waals surface area contributed by atoms with Gasteiger partial charge in [0, 0.05) is 25.3 Å². The summed E-state index contributed by atoms with van der Waals surface area (Å²) in [4.78, 5) is 8.42. The number of aromatic nitrogens is 2. The van der Waals surface area contributed by atoms with Gasteiger partial charge in [-0.1, -0.05) is 0 Å². The molecule has 0 spiro atoms. The molecule has 1 aliphatic carbocycles. The molecule has 1 saturated heterocycles. The lowest BCUT2D eigenvalue weighted by Gasteiger charge is -2.11. The van der Waals surface area contributed by atoms with Crippen LogP contribution in [0.3, 0.4) is 0 Å². The molecule has 1 unspecified atom stereocenters. The van der Waals surface area contributed by atoms with Gasteiger partial charge >= 0.3 is 0 Å². The number of ether oxygens (including phenoxy) is 1. The van der Waals surface area contributed by atoms with Crippen molar-refractivity contribution in [2.75, 3.05) is 23.8 Å². The standard InChI is InChI=1S/C12H18N4O/c1-2-10(17-5-1)7-13-11-6-12(15-8-14-11)16-9-3-4-9/h6,8-10H,1-5,7H2,(H2,13,14,15,16). The SMILES string of the molecule is c1nc(NCC2CCCO2)cc(NC2CC2)n1. The van der Waals surface area contributed by atoms with Crippen molar-refractivity contribution in [2.45, 2.75) is 37.8 Å². The van der Waals surface area contributed by atoms with E-state index in [9.17, 15) is 0 Å². The molecular formula is C12H18N4O. The van der Waals surface area contributed by atoms with Crippen LogP contribution in [0, 0.1) is 0 Å². The van der Waals surface area contributed by atoms with Gasteiger partial charge in [-0.3, -0.25) is 0 Å².